The van der Waals surface area contributed by atoms with Crippen LogP contribution in [0.3, 0.4) is 0 Å². The Bertz CT molecular complexity index is 1110. The summed E-state index contributed by atoms with van der Waals surface area (Å²) in [4.78, 5) is 37.2. The number of carbonyl (C=O) groups excluding carboxylic acids is 2. The van der Waals surface area contributed by atoms with Gasteiger partial charge in [0.2, 0.25) is 5.91 Å². The Morgan fingerprint density at radius 3 is 2.37 bits per heavy atom. The Hall–Kier alpha value is -3.43. The zero-order valence-electron chi connectivity index (χ0n) is 19.4. The molecule has 0 saturated carbocycles. The second kappa shape index (κ2) is 9.31. The Morgan fingerprint density at radius 1 is 1.06 bits per heavy atom. The highest BCUT2D eigenvalue weighted by molar-refractivity contribution is 5.86. The van der Waals surface area contributed by atoms with Crippen LogP contribution in [0, 0.1) is 5.41 Å². The van der Waals surface area contributed by atoms with Crippen molar-refractivity contribution in [2.45, 2.75) is 37.5 Å². The van der Waals surface area contributed by atoms with E-state index < -0.39 is 35.7 Å². The summed E-state index contributed by atoms with van der Waals surface area (Å²) < 4.78 is 16.4. The number of carbonyl (C=O) groups is 3. The molecule has 0 radical (unpaired) electrons. The summed E-state index contributed by atoms with van der Waals surface area (Å²) in [6.45, 7) is 2.36. The minimum absolute atomic E-state index is 0.0713. The van der Waals surface area contributed by atoms with Gasteiger partial charge in [0.1, 0.15) is 6.61 Å². The van der Waals surface area contributed by atoms with Gasteiger partial charge in [-0.3, -0.25) is 4.79 Å². The lowest BCUT2D eigenvalue weighted by Crippen LogP contribution is -2.56. The average Bonchev–Trinajstić information content (AvgIpc) is 3.55. The SMILES string of the molecule is CC1(C(=O)NC2CCOC2C(=O)O)COCC1NC(=O)OCC1c2ccccc2-c2ccccc21. The van der Waals surface area contributed by atoms with E-state index in [0.29, 0.717) is 6.42 Å². The fraction of sp³-hybridized carbons (Fsp3) is 0.423. The molecule has 2 aromatic carbocycles. The molecule has 9 heteroatoms. The van der Waals surface area contributed by atoms with Gasteiger partial charge in [-0.15, -0.1) is 0 Å². The third-order valence-electron chi connectivity index (χ3n) is 7.26. The summed E-state index contributed by atoms with van der Waals surface area (Å²) in [5, 5.41) is 14.9. The van der Waals surface area contributed by atoms with Crippen molar-refractivity contribution in [1.82, 2.24) is 10.6 Å². The molecule has 2 aromatic rings. The highest BCUT2D eigenvalue weighted by Crippen LogP contribution is 2.44. The smallest absolute Gasteiger partial charge is 0.407 e. The number of amides is 2. The molecule has 35 heavy (non-hydrogen) atoms. The number of ether oxygens (including phenoxy) is 3. The van der Waals surface area contributed by atoms with Crippen LogP contribution in [0.1, 0.15) is 30.4 Å². The zero-order chi connectivity index (χ0) is 24.6. The van der Waals surface area contributed by atoms with Gasteiger partial charge >= 0.3 is 12.1 Å². The van der Waals surface area contributed by atoms with E-state index in [4.69, 9.17) is 14.2 Å². The normalized spacial score (nSPS) is 27.2. The Morgan fingerprint density at radius 2 is 1.71 bits per heavy atom. The van der Waals surface area contributed by atoms with Gasteiger partial charge in [-0.25, -0.2) is 9.59 Å². The van der Waals surface area contributed by atoms with E-state index >= 15 is 0 Å². The van der Waals surface area contributed by atoms with Crippen LogP contribution in [0.25, 0.3) is 11.1 Å². The van der Waals surface area contributed by atoms with Gasteiger partial charge in [0.15, 0.2) is 6.10 Å². The number of carboxylic acid groups (broad SMARTS) is 1. The van der Waals surface area contributed by atoms with Crippen LogP contribution in [0.4, 0.5) is 4.79 Å². The van der Waals surface area contributed by atoms with E-state index in [1.54, 1.807) is 6.92 Å². The molecule has 0 aromatic heterocycles. The molecule has 4 atom stereocenters. The number of hydrogen-bond donors (Lipinski definition) is 3. The number of aliphatic carboxylic acids is 1. The Labute approximate surface area is 202 Å². The van der Waals surface area contributed by atoms with Crippen molar-refractivity contribution in [3.05, 3.63) is 59.7 Å². The maximum atomic E-state index is 13.1. The van der Waals surface area contributed by atoms with Crippen LogP contribution in [-0.2, 0) is 23.8 Å². The molecule has 1 aliphatic carbocycles. The van der Waals surface area contributed by atoms with Gasteiger partial charge in [0, 0.05) is 12.5 Å². The van der Waals surface area contributed by atoms with E-state index in [2.05, 4.69) is 22.8 Å². The van der Waals surface area contributed by atoms with E-state index in [0.717, 1.165) is 22.3 Å². The largest absolute Gasteiger partial charge is 0.479 e. The lowest BCUT2D eigenvalue weighted by atomic mass is 9.84. The highest BCUT2D eigenvalue weighted by Gasteiger charge is 2.49. The van der Waals surface area contributed by atoms with Gasteiger partial charge < -0.3 is 30.0 Å². The van der Waals surface area contributed by atoms with Gasteiger partial charge in [-0.05, 0) is 35.6 Å². The van der Waals surface area contributed by atoms with Crippen molar-refractivity contribution >= 4 is 18.0 Å². The molecule has 2 heterocycles. The summed E-state index contributed by atoms with van der Waals surface area (Å²) in [7, 11) is 0. The predicted octanol–water partition coefficient (Wildman–Crippen LogP) is 2.29. The maximum absolute atomic E-state index is 13.1. The van der Waals surface area contributed by atoms with Crippen LogP contribution >= 0.6 is 0 Å². The molecule has 4 unspecified atom stereocenters. The van der Waals surface area contributed by atoms with Crippen molar-refractivity contribution < 1.29 is 33.7 Å². The van der Waals surface area contributed by atoms with Crippen molar-refractivity contribution in [3.63, 3.8) is 0 Å². The number of carboxylic acids is 1. The zero-order valence-corrected chi connectivity index (χ0v) is 19.4. The first-order chi connectivity index (χ1) is 16.9. The third-order valence-corrected chi connectivity index (χ3v) is 7.26. The van der Waals surface area contributed by atoms with Crippen LogP contribution < -0.4 is 10.6 Å². The quantitative estimate of drug-likeness (QED) is 0.580. The van der Waals surface area contributed by atoms with Crippen molar-refractivity contribution in [2.24, 2.45) is 5.41 Å². The molecular weight excluding hydrogens is 452 g/mol. The van der Waals surface area contributed by atoms with E-state index in [1.165, 1.54) is 0 Å². The van der Waals surface area contributed by atoms with Crippen LogP contribution in [-0.4, -0.2) is 67.7 Å². The molecule has 2 saturated heterocycles. The second-order valence-corrected chi connectivity index (χ2v) is 9.45. The minimum Gasteiger partial charge on any atom is -0.479 e. The van der Waals surface area contributed by atoms with Crippen molar-refractivity contribution in [2.75, 3.05) is 26.4 Å². The standard InChI is InChI=1S/C26H28N2O7/c1-26(24(31)27-20-10-11-34-22(20)23(29)30)14-33-13-21(26)28-25(32)35-12-19-17-8-4-2-6-15(17)16-7-3-5-9-18(16)19/h2-9,19-22H,10-14H2,1H3,(H,27,31)(H,28,32)(H,29,30). The molecule has 2 fully saturated rings. The van der Waals surface area contributed by atoms with Gasteiger partial charge in [0.05, 0.1) is 30.7 Å². The molecule has 184 valence electrons. The second-order valence-electron chi connectivity index (χ2n) is 9.45. The summed E-state index contributed by atoms with van der Waals surface area (Å²) in [6.07, 6.45) is -1.31. The van der Waals surface area contributed by atoms with Gasteiger partial charge in [-0.2, -0.15) is 0 Å². The molecule has 3 N–H and O–H groups in total. The first-order valence-electron chi connectivity index (χ1n) is 11.7. The summed E-state index contributed by atoms with van der Waals surface area (Å²) in [6, 6.07) is 14.9. The van der Waals surface area contributed by atoms with Crippen LogP contribution in [0.2, 0.25) is 0 Å². The Kier molecular flexibility index (Phi) is 6.21. The number of benzene rings is 2. The Balaban J connectivity index is 1.22. The van der Waals surface area contributed by atoms with E-state index in [1.807, 2.05) is 36.4 Å². The molecule has 0 bridgehead atoms. The molecule has 3 aliphatic rings. The average molecular weight is 481 g/mol. The van der Waals surface area contributed by atoms with Crippen LogP contribution in [0.5, 0.6) is 0 Å². The minimum atomic E-state index is -1.12. The molecule has 0 spiro atoms. The first kappa shape index (κ1) is 23.3. The fourth-order valence-corrected chi connectivity index (χ4v) is 5.19. The lowest BCUT2D eigenvalue weighted by molar-refractivity contribution is -0.148. The molecule has 2 aliphatic heterocycles. The number of rotatable bonds is 6. The number of hydrogen-bond acceptors (Lipinski definition) is 6. The summed E-state index contributed by atoms with van der Waals surface area (Å²) in [5.74, 6) is -1.58. The van der Waals surface area contributed by atoms with E-state index in [-0.39, 0.29) is 38.3 Å². The van der Waals surface area contributed by atoms with Gasteiger partial charge in [0.25, 0.3) is 0 Å². The molecular formula is C26H28N2O7. The topological polar surface area (TPSA) is 123 Å². The molecule has 9 nitrogen and oxygen atoms in total. The highest BCUT2D eigenvalue weighted by atomic mass is 16.6. The summed E-state index contributed by atoms with van der Waals surface area (Å²) >= 11 is 0. The molecule has 5 rings (SSSR count). The lowest BCUT2D eigenvalue weighted by Gasteiger charge is -2.30. The van der Waals surface area contributed by atoms with Crippen molar-refractivity contribution in [3.8, 4) is 11.1 Å². The van der Waals surface area contributed by atoms with Crippen molar-refractivity contribution in [1.29, 1.82) is 0 Å². The predicted molar refractivity (Wildman–Crippen MR) is 125 cm³/mol. The van der Waals surface area contributed by atoms with Crippen LogP contribution in [0.15, 0.2) is 48.5 Å². The summed E-state index contributed by atoms with van der Waals surface area (Å²) in [5.41, 5.74) is 3.43. The van der Waals surface area contributed by atoms with E-state index in [9.17, 15) is 19.5 Å². The molecule has 2 amide bonds. The third kappa shape index (κ3) is 4.26. The fourth-order valence-electron chi connectivity index (χ4n) is 5.19. The number of fused-ring (bicyclic) bond motifs is 3. The number of alkyl carbamates (subject to hydrolysis) is 1. The van der Waals surface area contributed by atoms with Gasteiger partial charge in [-0.1, -0.05) is 48.5 Å². The monoisotopic (exact) mass is 480 g/mol. The maximum Gasteiger partial charge on any atom is 0.407 e. The number of nitrogens with one attached hydrogen (secondary N) is 2. The first-order valence-corrected chi connectivity index (χ1v) is 11.7.